The third-order valence-corrected chi connectivity index (χ3v) is 2.92. The highest BCUT2D eigenvalue weighted by atomic mass is 16.1. The molecule has 0 atom stereocenters. The van der Waals surface area contributed by atoms with Crippen LogP contribution in [0, 0.1) is 0 Å². The van der Waals surface area contributed by atoms with E-state index >= 15 is 0 Å². The molecule has 1 aromatic rings. The summed E-state index contributed by atoms with van der Waals surface area (Å²) < 4.78 is 0. The fourth-order valence-electron chi connectivity index (χ4n) is 1.97. The number of hydrogen-bond donors (Lipinski definition) is 3. The van der Waals surface area contributed by atoms with Crippen LogP contribution in [-0.4, -0.2) is 37.5 Å². The molecule has 0 bridgehead atoms. The molecule has 0 saturated heterocycles. The van der Waals surface area contributed by atoms with Crippen molar-refractivity contribution in [2.45, 2.75) is 39.7 Å². The van der Waals surface area contributed by atoms with Crippen molar-refractivity contribution in [1.29, 1.82) is 0 Å². The lowest BCUT2D eigenvalue weighted by atomic mass is 10.1. The average Bonchev–Trinajstić information content (AvgIpc) is 2.45. The number of nitrogens with one attached hydrogen (secondary N) is 3. The van der Waals surface area contributed by atoms with E-state index in [9.17, 15) is 4.79 Å². The monoisotopic (exact) mass is 304 g/mol. The molecule has 0 aromatic heterocycles. The van der Waals surface area contributed by atoms with Gasteiger partial charge in [-0.25, -0.2) is 0 Å². The zero-order valence-electron chi connectivity index (χ0n) is 14.3. The number of amides is 1. The summed E-state index contributed by atoms with van der Waals surface area (Å²) in [6.45, 7) is 9.86. The predicted molar refractivity (Wildman–Crippen MR) is 92.4 cm³/mol. The van der Waals surface area contributed by atoms with Crippen LogP contribution in [0.2, 0.25) is 0 Å². The minimum absolute atomic E-state index is 0.0276. The third-order valence-electron chi connectivity index (χ3n) is 2.92. The molecule has 0 saturated carbocycles. The fourth-order valence-corrected chi connectivity index (χ4v) is 1.97. The van der Waals surface area contributed by atoms with E-state index in [0.29, 0.717) is 12.1 Å². The van der Waals surface area contributed by atoms with Gasteiger partial charge in [0.1, 0.15) is 0 Å². The molecule has 1 aromatic carbocycles. The van der Waals surface area contributed by atoms with E-state index in [0.717, 1.165) is 24.5 Å². The third kappa shape index (κ3) is 6.61. The molecule has 0 aliphatic rings. The van der Waals surface area contributed by atoms with Crippen molar-refractivity contribution >= 4 is 11.9 Å². The molecule has 3 N–H and O–H groups in total. The first-order valence-electron chi connectivity index (χ1n) is 7.73. The quantitative estimate of drug-likeness (QED) is 0.575. The first kappa shape index (κ1) is 18.0. The van der Waals surface area contributed by atoms with Gasteiger partial charge in [0.25, 0.3) is 5.91 Å². The second-order valence-electron chi connectivity index (χ2n) is 6.17. The lowest BCUT2D eigenvalue weighted by Gasteiger charge is -2.23. The van der Waals surface area contributed by atoms with Crippen LogP contribution < -0.4 is 16.0 Å². The lowest BCUT2D eigenvalue weighted by Crippen LogP contribution is -2.47. The zero-order valence-corrected chi connectivity index (χ0v) is 14.3. The van der Waals surface area contributed by atoms with Crippen LogP contribution >= 0.6 is 0 Å². The van der Waals surface area contributed by atoms with E-state index in [4.69, 9.17) is 0 Å². The number of nitrogens with zero attached hydrogens (tertiary/aromatic N) is 1. The molecule has 22 heavy (non-hydrogen) atoms. The van der Waals surface area contributed by atoms with Crippen LogP contribution in [0.3, 0.4) is 0 Å². The SMILES string of the molecule is CCNC(=NCCc1cccc(C(=O)NC)c1)NC(C)(C)C. The van der Waals surface area contributed by atoms with E-state index in [-0.39, 0.29) is 11.4 Å². The van der Waals surface area contributed by atoms with Crippen molar-refractivity contribution in [1.82, 2.24) is 16.0 Å². The molecule has 1 rings (SSSR count). The maximum atomic E-state index is 11.6. The molecule has 0 heterocycles. The highest BCUT2D eigenvalue weighted by molar-refractivity contribution is 5.94. The Morgan fingerprint density at radius 3 is 2.59 bits per heavy atom. The minimum atomic E-state index is -0.0620. The molecule has 0 radical (unpaired) electrons. The summed E-state index contributed by atoms with van der Waals surface area (Å²) in [6.07, 6.45) is 0.797. The first-order chi connectivity index (χ1) is 10.4. The minimum Gasteiger partial charge on any atom is -0.357 e. The lowest BCUT2D eigenvalue weighted by molar-refractivity contribution is 0.0963. The highest BCUT2D eigenvalue weighted by Gasteiger charge is 2.11. The molecule has 5 nitrogen and oxygen atoms in total. The predicted octanol–water partition coefficient (Wildman–Crippen LogP) is 1.94. The first-order valence-corrected chi connectivity index (χ1v) is 7.73. The summed E-state index contributed by atoms with van der Waals surface area (Å²) in [5.74, 6) is 0.755. The standard InChI is InChI=1S/C17H28N4O/c1-6-19-16(21-17(2,3)4)20-11-10-13-8-7-9-14(12-13)15(22)18-5/h7-9,12H,6,10-11H2,1-5H3,(H,18,22)(H2,19,20,21). The Morgan fingerprint density at radius 2 is 2.00 bits per heavy atom. The van der Waals surface area contributed by atoms with Crippen molar-refractivity contribution in [2.24, 2.45) is 4.99 Å². The summed E-state index contributed by atoms with van der Waals surface area (Å²) >= 11 is 0. The zero-order chi connectivity index (χ0) is 16.6. The number of rotatable bonds is 5. The van der Waals surface area contributed by atoms with Gasteiger partial charge in [-0.2, -0.15) is 0 Å². The Morgan fingerprint density at radius 1 is 1.27 bits per heavy atom. The van der Waals surface area contributed by atoms with Crippen molar-refractivity contribution in [3.05, 3.63) is 35.4 Å². The summed E-state index contributed by atoms with van der Waals surface area (Å²) in [5, 5.41) is 9.23. The van der Waals surface area contributed by atoms with Gasteiger partial charge in [0, 0.05) is 31.2 Å². The van der Waals surface area contributed by atoms with Crippen LogP contribution in [0.15, 0.2) is 29.3 Å². The molecule has 5 heteroatoms. The van der Waals surface area contributed by atoms with Gasteiger partial charge in [-0.1, -0.05) is 12.1 Å². The van der Waals surface area contributed by atoms with Crippen molar-refractivity contribution in [2.75, 3.05) is 20.1 Å². The maximum Gasteiger partial charge on any atom is 0.251 e. The smallest absolute Gasteiger partial charge is 0.251 e. The Bertz CT molecular complexity index is 518. The molecule has 1 amide bonds. The number of benzene rings is 1. The van der Waals surface area contributed by atoms with Crippen molar-refractivity contribution < 1.29 is 4.79 Å². The normalized spacial score (nSPS) is 12.0. The van der Waals surface area contributed by atoms with Crippen LogP contribution in [0.25, 0.3) is 0 Å². The topological polar surface area (TPSA) is 65.5 Å². The summed E-state index contributed by atoms with van der Waals surface area (Å²) in [5.41, 5.74) is 1.76. The summed E-state index contributed by atoms with van der Waals surface area (Å²) in [7, 11) is 1.64. The van der Waals surface area contributed by atoms with Gasteiger partial charge < -0.3 is 16.0 Å². The number of aliphatic imine (C=N–C) groups is 1. The molecule has 0 fully saturated rings. The summed E-state index contributed by atoms with van der Waals surface area (Å²) in [6, 6.07) is 7.66. The average molecular weight is 304 g/mol. The van der Waals surface area contributed by atoms with Gasteiger partial charge in [0.05, 0.1) is 0 Å². The van der Waals surface area contributed by atoms with Gasteiger partial charge in [-0.05, 0) is 51.8 Å². The Balaban J connectivity index is 2.67. The second-order valence-corrected chi connectivity index (χ2v) is 6.17. The Kier molecular flexibility index (Phi) is 6.89. The van der Waals surface area contributed by atoms with Gasteiger partial charge >= 0.3 is 0 Å². The molecule has 0 spiro atoms. The number of carbonyl (C=O) groups excluding carboxylic acids is 1. The molecule has 0 aliphatic heterocycles. The van der Waals surface area contributed by atoms with E-state index in [1.165, 1.54) is 0 Å². The van der Waals surface area contributed by atoms with Gasteiger partial charge in [-0.3, -0.25) is 9.79 Å². The number of carbonyl (C=O) groups is 1. The van der Waals surface area contributed by atoms with Gasteiger partial charge in [0.2, 0.25) is 0 Å². The van der Waals surface area contributed by atoms with Crippen LogP contribution in [-0.2, 0) is 6.42 Å². The van der Waals surface area contributed by atoms with E-state index in [2.05, 4.69) is 41.7 Å². The maximum absolute atomic E-state index is 11.6. The fraction of sp³-hybridized carbons (Fsp3) is 0.529. The second kappa shape index (κ2) is 8.41. The molecule has 122 valence electrons. The molecular formula is C17H28N4O. The Hall–Kier alpha value is -2.04. The number of hydrogen-bond acceptors (Lipinski definition) is 2. The van der Waals surface area contributed by atoms with E-state index < -0.39 is 0 Å². The summed E-state index contributed by atoms with van der Waals surface area (Å²) in [4.78, 5) is 16.2. The van der Waals surface area contributed by atoms with Crippen LogP contribution in [0.5, 0.6) is 0 Å². The number of guanidine groups is 1. The molecule has 0 unspecified atom stereocenters. The van der Waals surface area contributed by atoms with Crippen LogP contribution in [0.4, 0.5) is 0 Å². The van der Waals surface area contributed by atoms with Crippen molar-refractivity contribution in [3.63, 3.8) is 0 Å². The van der Waals surface area contributed by atoms with E-state index in [1.54, 1.807) is 7.05 Å². The van der Waals surface area contributed by atoms with Crippen molar-refractivity contribution in [3.8, 4) is 0 Å². The van der Waals surface area contributed by atoms with Gasteiger partial charge in [-0.15, -0.1) is 0 Å². The Labute approximate surface area is 133 Å². The van der Waals surface area contributed by atoms with E-state index in [1.807, 2.05) is 31.2 Å². The van der Waals surface area contributed by atoms with Crippen LogP contribution in [0.1, 0.15) is 43.6 Å². The molecule has 0 aliphatic carbocycles. The highest BCUT2D eigenvalue weighted by Crippen LogP contribution is 2.06. The molecular weight excluding hydrogens is 276 g/mol. The largest absolute Gasteiger partial charge is 0.357 e. The van der Waals surface area contributed by atoms with Gasteiger partial charge in [0.15, 0.2) is 5.96 Å².